The molecule has 9 heteroatoms. The van der Waals surface area contributed by atoms with Crippen molar-refractivity contribution in [1.29, 1.82) is 0 Å². The van der Waals surface area contributed by atoms with Crippen molar-refractivity contribution < 1.29 is 14.3 Å². The summed E-state index contributed by atoms with van der Waals surface area (Å²) in [6, 6.07) is 9.43. The van der Waals surface area contributed by atoms with Gasteiger partial charge in [0.05, 0.1) is 40.9 Å². The summed E-state index contributed by atoms with van der Waals surface area (Å²) in [7, 11) is 1.79. The number of halogens is 1. The second kappa shape index (κ2) is 8.25. The molecule has 0 saturated heterocycles. The summed E-state index contributed by atoms with van der Waals surface area (Å²) >= 11 is 0. The Hall–Kier alpha value is -3.85. The molecular formula is C24H22FN5O3. The zero-order valence-electron chi connectivity index (χ0n) is 17.9. The average Bonchev–Trinajstić information content (AvgIpc) is 3.25. The molecule has 1 amide bonds. The lowest BCUT2D eigenvalue weighted by Gasteiger charge is -2.33. The number of hydrogen-bond acceptors (Lipinski definition) is 5. The standard InChI is InChI=1S/C24H22FN5O3/c1-29-10-8-19(28-29)14-4-5-15(18(25)11-14)12-30-13-17(23(32)27-20-6-7-21(20)31)22-16(24(30)33)3-2-9-26-22/h2-5,8-11,13,20-21,31H,6-7,12H2,1H3,(H,27,32)/t20-,21-/m1/s1. The topological polar surface area (TPSA) is 102 Å². The highest BCUT2D eigenvalue weighted by atomic mass is 19.1. The van der Waals surface area contributed by atoms with E-state index in [1.165, 1.54) is 23.0 Å². The van der Waals surface area contributed by atoms with Crippen LogP contribution in [0.5, 0.6) is 0 Å². The molecule has 33 heavy (non-hydrogen) atoms. The molecule has 2 N–H and O–H groups in total. The normalized spacial score (nSPS) is 17.7. The predicted octanol–water partition coefficient (Wildman–Crippen LogP) is 2.24. The molecule has 1 saturated carbocycles. The molecule has 3 heterocycles. The number of aliphatic hydroxyl groups is 1. The van der Waals surface area contributed by atoms with E-state index in [1.54, 1.807) is 48.3 Å². The van der Waals surface area contributed by atoms with Crippen molar-refractivity contribution in [3.8, 4) is 11.3 Å². The summed E-state index contributed by atoms with van der Waals surface area (Å²) in [5.41, 5.74) is 1.69. The van der Waals surface area contributed by atoms with E-state index in [-0.39, 0.29) is 34.6 Å². The highest BCUT2D eigenvalue weighted by Gasteiger charge is 2.31. The number of nitrogens with one attached hydrogen (secondary N) is 1. The first-order valence-corrected chi connectivity index (χ1v) is 10.7. The average molecular weight is 447 g/mol. The van der Waals surface area contributed by atoms with Crippen molar-refractivity contribution >= 4 is 16.8 Å². The van der Waals surface area contributed by atoms with E-state index in [9.17, 15) is 19.1 Å². The Kier molecular flexibility index (Phi) is 5.26. The number of benzene rings is 1. The van der Waals surface area contributed by atoms with Gasteiger partial charge in [0, 0.05) is 36.8 Å². The fourth-order valence-electron chi connectivity index (χ4n) is 3.99. The van der Waals surface area contributed by atoms with Gasteiger partial charge in [-0.25, -0.2) is 4.39 Å². The van der Waals surface area contributed by atoms with Gasteiger partial charge < -0.3 is 15.0 Å². The fourth-order valence-corrected chi connectivity index (χ4v) is 3.99. The molecule has 0 spiro atoms. The van der Waals surface area contributed by atoms with Gasteiger partial charge in [0.2, 0.25) is 0 Å². The second-order valence-electron chi connectivity index (χ2n) is 8.28. The maximum absolute atomic E-state index is 14.9. The Balaban J connectivity index is 1.51. The number of pyridine rings is 2. The van der Waals surface area contributed by atoms with Gasteiger partial charge in [-0.1, -0.05) is 12.1 Å². The molecule has 1 aliphatic carbocycles. The Morgan fingerprint density at radius 3 is 2.79 bits per heavy atom. The van der Waals surface area contributed by atoms with Gasteiger partial charge >= 0.3 is 0 Å². The number of aliphatic hydroxyl groups excluding tert-OH is 1. The number of hydrogen-bond donors (Lipinski definition) is 2. The van der Waals surface area contributed by atoms with Crippen LogP contribution in [0.25, 0.3) is 22.2 Å². The first-order valence-electron chi connectivity index (χ1n) is 10.7. The third kappa shape index (κ3) is 3.91. The first-order chi connectivity index (χ1) is 15.9. The van der Waals surface area contributed by atoms with E-state index in [1.807, 2.05) is 0 Å². The van der Waals surface area contributed by atoms with Crippen LogP contribution in [0.15, 0.2) is 59.8 Å². The Bertz CT molecular complexity index is 1430. The molecular weight excluding hydrogens is 425 g/mol. The molecule has 168 valence electrons. The highest BCUT2D eigenvalue weighted by Crippen LogP contribution is 2.23. The quantitative estimate of drug-likeness (QED) is 0.489. The molecule has 0 unspecified atom stereocenters. The van der Waals surface area contributed by atoms with Gasteiger partial charge in [-0.05, 0) is 37.1 Å². The first kappa shape index (κ1) is 21.0. The van der Waals surface area contributed by atoms with Crippen LogP contribution in [0.1, 0.15) is 28.8 Å². The molecule has 4 aromatic rings. The summed E-state index contributed by atoms with van der Waals surface area (Å²) in [6.07, 6.45) is 5.44. The maximum atomic E-state index is 14.9. The summed E-state index contributed by atoms with van der Waals surface area (Å²) in [5.74, 6) is -0.901. The van der Waals surface area contributed by atoms with Crippen LogP contribution in [-0.2, 0) is 13.6 Å². The van der Waals surface area contributed by atoms with Gasteiger partial charge in [-0.2, -0.15) is 5.10 Å². The van der Waals surface area contributed by atoms with Gasteiger partial charge in [-0.15, -0.1) is 0 Å². The monoisotopic (exact) mass is 447 g/mol. The van der Waals surface area contributed by atoms with Crippen LogP contribution in [0.3, 0.4) is 0 Å². The smallest absolute Gasteiger partial charge is 0.260 e. The zero-order valence-corrected chi connectivity index (χ0v) is 17.9. The number of amides is 1. The molecule has 0 aliphatic heterocycles. The van der Waals surface area contributed by atoms with Gasteiger partial charge in [-0.3, -0.25) is 19.3 Å². The van der Waals surface area contributed by atoms with Crippen molar-refractivity contribution in [2.45, 2.75) is 31.5 Å². The van der Waals surface area contributed by atoms with Crippen LogP contribution in [0, 0.1) is 5.82 Å². The van der Waals surface area contributed by atoms with E-state index in [2.05, 4.69) is 15.4 Å². The summed E-state index contributed by atoms with van der Waals surface area (Å²) in [6.45, 7) is -0.0513. The molecule has 8 nitrogen and oxygen atoms in total. The summed E-state index contributed by atoms with van der Waals surface area (Å²) in [4.78, 5) is 30.2. The molecule has 1 fully saturated rings. The molecule has 3 aromatic heterocycles. The minimum Gasteiger partial charge on any atom is -0.391 e. The van der Waals surface area contributed by atoms with Crippen LogP contribution in [0.4, 0.5) is 4.39 Å². The lowest BCUT2D eigenvalue weighted by Crippen LogP contribution is -2.50. The zero-order chi connectivity index (χ0) is 23.1. The molecule has 5 rings (SSSR count). The van der Waals surface area contributed by atoms with Crippen molar-refractivity contribution in [1.82, 2.24) is 24.6 Å². The van der Waals surface area contributed by atoms with Gasteiger partial charge in [0.25, 0.3) is 11.5 Å². The minimum absolute atomic E-state index is 0.0513. The molecule has 0 bridgehead atoms. The van der Waals surface area contributed by atoms with Crippen LogP contribution < -0.4 is 10.9 Å². The number of nitrogens with zero attached hydrogens (tertiary/aromatic N) is 4. The van der Waals surface area contributed by atoms with E-state index < -0.39 is 17.8 Å². The third-order valence-electron chi connectivity index (χ3n) is 6.04. The Labute approximate surface area is 188 Å². The maximum Gasteiger partial charge on any atom is 0.260 e. The van der Waals surface area contributed by atoms with E-state index >= 15 is 0 Å². The third-order valence-corrected chi connectivity index (χ3v) is 6.04. The lowest BCUT2D eigenvalue weighted by atomic mass is 9.89. The van der Waals surface area contributed by atoms with Crippen LogP contribution in [-0.4, -0.2) is 42.5 Å². The van der Waals surface area contributed by atoms with Crippen molar-refractivity contribution in [2.75, 3.05) is 0 Å². The highest BCUT2D eigenvalue weighted by molar-refractivity contribution is 6.05. The summed E-state index contributed by atoms with van der Waals surface area (Å²) < 4.78 is 17.9. The number of aromatic nitrogens is 4. The predicted molar refractivity (Wildman–Crippen MR) is 120 cm³/mol. The summed E-state index contributed by atoms with van der Waals surface area (Å²) in [5, 5.41) is 17.2. The minimum atomic E-state index is -0.578. The number of carbonyl (C=O) groups is 1. The molecule has 1 aliphatic rings. The molecule has 1 aromatic carbocycles. The fraction of sp³-hybridized carbons (Fsp3) is 0.250. The number of carbonyl (C=O) groups excluding carboxylic acids is 1. The van der Waals surface area contributed by atoms with Gasteiger partial charge in [0.1, 0.15) is 5.82 Å². The lowest BCUT2D eigenvalue weighted by molar-refractivity contribution is 0.0448. The molecule has 2 atom stereocenters. The van der Waals surface area contributed by atoms with Crippen molar-refractivity contribution in [2.24, 2.45) is 7.05 Å². The second-order valence-corrected chi connectivity index (χ2v) is 8.28. The van der Waals surface area contributed by atoms with E-state index in [4.69, 9.17) is 0 Å². The SMILES string of the molecule is Cn1ccc(-c2ccc(Cn3cc(C(=O)N[C@@H]4CC[C@H]4O)c4ncccc4c3=O)c(F)c2)n1. The van der Waals surface area contributed by atoms with Crippen LogP contribution >= 0.6 is 0 Å². The van der Waals surface area contributed by atoms with E-state index in [0.717, 1.165) is 0 Å². The Morgan fingerprint density at radius 2 is 2.12 bits per heavy atom. The largest absolute Gasteiger partial charge is 0.391 e. The Morgan fingerprint density at radius 1 is 1.27 bits per heavy atom. The van der Waals surface area contributed by atoms with Crippen LogP contribution in [0.2, 0.25) is 0 Å². The van der Waals surface area contributed by atoms with E-state index in [0.29, 0.717) is 29.7 Å². The number of aryl methyl sites for hydroxylation is 1. The number of rotatable bonds is 5. The molecule has 0 radical (unpaired) electrons. The number of fused-ring (bicyclic) bond motifs is 1. The van der Waals surface area contributed by atoms with Crippen molar-refractivity contribution in [3.05, 3.63) is 82.3 Å². The van der Waals surface area contributed by atoms with Gasteiger partial charge in [0.15, 0.2) is 0 Å². The van der Waals surface area contributed by atoms with Crippen molar-refractivity contribution in [3.63, 3.8) is 0 Å².